The van der Waals surface area contributed by atoms with Crippen molar-refractivity contribution >= 4 is 28.5 Å². The van der Waals surface area contributed by atoms with E-state index in [9.17, 15) is 4.79 Å². The number of rotatable bonds is 5. The molecule has 0 atom stereocenters. The summed E-state index contributed by atoms with van der Waals surface area (Å²) in [6.45, 7) is 2.45. The smallest absolute Gasteiger partial charge is 0.301 e. The van der Waals surface area contributed by atoms with Gasteiger partial charge in [-0.1, -0.05) is 11.6 Å². The number of furan rings is 2. The lowest BCUT2D eigenvalue weighted by Crippen LogP contribution is -2.48. The second-order valence-electron chi connectivity index (χ2n) is 7.77. The average molecular weight is 462 g/mol. The lowest BCUT2D eigenvalue weighted by molar-refractivity contribution is 0.0117. The van der Waals surface area contributed by atoms with E-state index in [4.69, 9.17) is 30.4 Å². The molecule has 1 fully saturated rings. The SMILES string of the molecule is N#Cc1ccc(-c2cc3cc(Cl)cc(Cc4ccc(C(=O)NN5CCOCC5)o4)c3o2)cc1. The van der Waals surface area contributed by atoms with E-state index >= 15 is 0 Å². The van der Waals surface area contributed by atoms with Gasteiger partial charge in [-0.2, -0.15) is 5.26 Å². The molecule has 8 heteroatoms. The fraction of sp³-hybridized carbons (Fsp3) is 0.200. The molecular formula is C25H20ClN3O4. The van der Waals surface area contributed by atoms with Crippen molar-refractivity contribution in [2.75, 3.05) is 26.3 Å². The lowest BCUT2D eigenvalue weighted by Gasteiger charge is -2.26. The summed E-state index contributed by atoms with van der Waals surface area (Å²) in [7, 11) is 0. The summed E-state index contributed by atoms with van der Waals surface area (Å²) in [4.78, 5) is 12.5. The number of amides is 1. The molecule has 1 aliphatic rings. The van der Waals surface area contributed by atoms with Gasteiger partial charge in [0.15, 0.2) is 5.76 Å². The van der Waals surface area contributed by atoms with Crippen LogP contribution in [0.2, 0.25) is 5.02 Å². The van der Waals surface area contributed by atoms with Crippen molar-refractivity contribution in [1.82, 2.24) is 10.4 Å². The van der Waals surface area contributed by atoms with Gasteiger partial charge in [-0.15, -0.1) is 0 Å². The summed E-state index contributed by atoms with van der Waals surface area (Å²) in [5.74, 6) is 1.26. The van der Waals surface area contributed by atoms with Gasteiger partial charge >= 0.3 is 5.91 Å². The summed E-state index contributed by atoms with van der Waals surface area (Å²) in [6, 6.07) is 18.4. The van der Waals surface area contributed by atoms with E-state index in [0.29, 0.717) is 60.4 Å². The van der Waals surface area contributed by atoms with Crippen LogP contribution >= 0.6 is 11.6 Å². The highest BCUT2D eigenvalue weighted by Crippen LogP contribution is 2.33. The summed E-state index contributed by atoms with van der Waals surface area (Å²) in [5.41, 5.74) is 5.85. The number of hydrogen-bond acceptors (Lipinski definition) is 6. The van der Waals surface area contributed by atoms with Gasteiger partial charge in [-0.3, -0.25) is 10.2 Å². The van der Waals surface area contributed by atoms with E-state index < -0.39 is 0 Å². The molecule has 3 heterocycles. The van der Waals surface area contributed by atoms with Gasteiger partial charge in [0, 0.05) is 41.0 Å². The molecule has 0 radical (unpaired) electrons. The van der Waals surface area contributed by atoms with E-state index in [2.05, 4.69) is 11.5 Å². The molecule has 0 spiro atoms. The first-order valence-electron chi connectivity index (χ1n) is 10.5. The highest BCUT2D eigenvalue weighted by atomic mass is 35.5. The predicted octanol–water partition coefficient (Wildman–Crippen LogP) is 4.79. The van der Waals surface area contributed by atoms with E-state index in [-0.39, 0.29) is 11.7 Å². The van der Waals surface area contributed by atoms with Crippen LogP contribution in [0.25, 0.3) is 22.3 Å². The van der Waals surface area contributed by atoms with Crippen molar-refractivity contribution in [3.05, 3.63) is 82.3 Å². The standard InChI is InChI=1S/C25H20ClN3O4/c26-20-11-18(13-21-5-6-22(32-21)25(30)28-29-7-9-31-10-8-29)24-19(12-20)14-23(33-24)17-3-1-16(15-27)2-4-17/h1-6,11-12,14H,7-10,13H2,(H,28,30). The average Bonchev–Trinajstić information content (AvgIpc) is 3.47. The van der Waals surface area contributed by atoms with Gasteiger partial charge in [-0.25, -0.2) is 5.01 Å². The minimum absolute atomic E-state index is 0.243. The summed E-state index contributed by atoms with van der Waals surface area (Å²) < 4.78 is 17.3. The van der Waals surface area contributed by atoms with Crippen molar-refractivity contribution in [3.8, 4) is 17.4 Å². The minimum atomic E-state index is -0.291. The number of nitrogens with one attached hydrogen (secondary N) is 1. The Kier molecular flexibility index (Phi) is 5.88. The number of nitrogens with zero attached hydrogens (tertiary/aromatic N) is 2. The predicted molar refractivity (Wildman–Crippen MR) is 123 cm³/mol. The van der Waals surface area contributed by atoms with Crippen LogP contribution in [0.3, 0.4) is 0 Å². The molecule has 33 heavy (non-hydrogen) atoms. The zero-order valence-corrected chi connectivity index (χ0v) is 18.4. The maximum atomic E-state index is 12.5. The fourth-order valence-electron chi connectivity index (χ4n) is 3.82. The Hall–Kier alpha value is -3.57. The number of hydrogen-bond donors (Lipinski definition) is 1. The largest absolute Gasteiger partial charge is 0.456 e. The number of hydrazine groups is 1. The molecule has 5 rings (SSSR count). The van der Waals surface area contributed by atoms with Crippen LogP contribution in [0.1, 0.15) is 27.4 Å². The van der Waals surface area contributed by atoms with Crippen LogP contribution in [-0.4, -0.2) is 37.2 Å². The second-order valence-corrected chi connectivity index (χ2v) is 8.20. The molecule has 1 amide bonds. The molecular weight excluding hydrogens is 442 g/mol. The zero-order valence-electron chi connectivity index (χ0n) is 17.6. The number of carbonyl (C=O) groups excluding carboxylic acids is 1. The number of benzene rings is 2. The highest BCUT2D eigenvalue weighted by molar-refractivity contribution is 6.31. The van der Waals surface area contributed by atoms with Crippen molar-refractivity contribution in [1.29, 1.82) is 5.26 Å². The highest BCUT2D eigenvalue weighted by Gasteiger charge is 2.18. The van der Waals surface area contributed by atoms with Crippen molar-refractivity contribution in [2.24, 2.45) is 0 Å². The van der Waals surface area contributed by atoms with Crippen molar-refractivity contribution < 1.29 is 18.4 Å². The molecule has 2 aromatic heterocycles. The molecule has 0 saturated carbocycles. The van der Waals surface area contributed by atoms with E-state index in [1.165, 1.54) is 0 Å². The minimum Gasteiger partial charge on any atom is -0.456 e. The molecule has 7 nitrogen and oxygen atoms in total. The van der Waals surface area contributed by atoms with Gasteiger partial charge in [0.2, 0.25) is 0 Å². The van der Waals surface area contributed by atoms with Crippen LogP contribution < -0.4 is 5.43 Å². The molecule has 4 aromatic rings. The molecule has 1 aliphatic heterocycles. The van der Waals surface area contributed by atoms with Crippen molar-refractivity contribution in [3.63, 3.8) is 0 Å². The van der Waals surface area contributed by atoms with Gasteiger partial charge in [-0.05, 0) is 54.6 Å². The Labute approximate surface area is 195 Å². The third-order valence-electron chi connectivity index (χ3n) is 5.48. The molecule has 0 unspecified atom stereocenters. The number of nitriles is 1. The second kappa shape index (κ2) is 9.12. The number of carbonyl (C=O) groups is 1. The first-order chi connectivity index (χ1) is 16.1. The summed E-state index contributed by atoms with van der Waals surface area (Å²) in [6.07, 6.45) is 0.419. The number of halogens is 1. The van der Waals surface area contributed by atoms with Crippen LogP contribution in [0.4, 0.5) is 0 Å². The number of fused-ring (bicyclic) bond motifs is 1. The summed E-state index contributed by atoms with van der Waals surface area (Å²) in [5, 5.41) is 12.3. The van der Waals surface area contributed by atoms with Gasteiger partial charge in [0.1, 0.15) is 17.1 Å². The van der Waals surface area contributed by atoms with E-state index in [1.54, 1.807) is 24.3 Å². The van der Waals surface area contributed by atoms with Gasteiger partial charge < -0.3 is 13.6 Å². The van der Waals surface area contributed by atoms with Gasteiger partial charge in [0.25, 0.3) is 0 Å². The fourth-order valence-corrected chi connectivity index (χ4v) is 4.07. The quantitative estimate of drug-likeness (QED) is 0.459. The maximum Gasteiger partial charge on any atom is 0.301 e. The molecule has 0 bridgehead atoms. The Bertz CT molecular complexity index is 1340. The molecule has 1 saturated heterocycles. The Balaban J connectivity index is 1.38. The van der Waals surface area contributed by atoms with Crippen LogP contribution in [0, 0.1) is 11.3 Å². The molecule has 1 N–H and O–H groups in total. The number of ether oxygens (including phenoxy) is 1. The Morgan fingerprint density at radius 1 is 1.06 bits per heavy atom. The number of morpholine rings is 1. The van der Waals surface area contributed by atoms with Crippen LogP contribution in [0.15, 0.2) is 63.4 Å². The Morgan fingerprint density at radius 3 is 2.61 bits per heavy atom. The van der Waals surface area contributed by atoms with E-state index in [0.717, 1.165) is 16.5 Å². The monoisotopic (exact) mass is 461 g/mol. The lowest BCUT2D eigenvalue weighted by atomic mass is 10.1. The van der Waals surface area contributed by atoms with E-state index in [1.807, 2.05) is 35.3 Å². The first kappa shape index (κ1) is 21.3. The summed E-state index contributed by atoms with van der Waals surface area (Å²) >= 11 is 6.36. The first-order valence-corrected chi connectivity index (χ1v) is 10.9. The molecule has 0 aliphatic carbocycles. The molecule has 2 aromatic carbocycles. The van der Waals surface area contributed by atoms with Crippen LogP contribution in [0.5, 0.6) is 0 Å². The third kappa shape index (κ3) is 4.64. The maximum absolute atomic E-state index is 12.5. The molecule has 166 valence electrons. The third-order valence-corrected chi connectivity index (χ3v) is 5.70. The van der Waals surface area contributed by atoms with Crippen LogP contribution in [-0.2, 0) is 11.2 Å². The zero-order chi connectivity index (χ0) is 22.8. The van der Waals surface area contributed by atoms with Gasteiger partial charge in [0.05, 0.1) is 24.8 Å². The Morgan fingerprint density at radius 2 is 1.85 bits per heavy atom. The van der Waals surface area contributed by atoms with Crippen molar-refractivity contribution in [2.45, 2.75) is 6.42 Å². The topological polar surface area (TPSA) is 91.6 Å². The normalized spacial score (nSPS) is 14.3.